The first-order chi connectivity index (χ1) is 9.56. The van der Waals surface area contributed by atoms with E-state index in [4.69, 9.17) is 27.9 Å². The normalized spacial score (nSPS) is 10.2. The van der Waals surface area contributed by atoms with Crippen LogP contribution in [0.25, 0.3) is 0 Å². The summed E-state index contributed by atoms with van der Waals surface area (Å²) in [4.78, 5) is 11.7. The van der Waals surface area contributed by atoms with Gasteiger partial charge in [0.2, 0.25) is 0 Å². The minimum absolute atomic E-state index is 0.214. The van der Waals surface area contributed by atoms with Crippen molar-refractivity contribution in [1.82, 2.24) is 0 Å². The number of halogens is 3. The maximum absolute atomic E-state index is 12.7. The molecule has 0 saturated carbocycles. The number of benzene rings is 2. The van der Waals surface area contributed by atoms with E-state index in [9.17, 15) is 9.18 Å². The third-order valence-corrected chi connectivity index (χ3v) is 3.23. The molecule has 0 saturated heterocycles. The van der Waals surface area contributed by atoms with Gasteiger partial charge >= 0.3 is 0 Å². The molecule has 0 unspecified atom stereocenters. The van der Waals surface area contributed by atoms with Crippen molar-refractivity contribution in [1.29, 1.82) is 0 Å². The van der Waals surface area contributed by atoms with Crippen molar-refractivity contribution < 1.29 is 13.9 Å². The SMILES string of the molecule is O=C(COc1ccc(F)cc1)Nc1cccc(Cl)c1Cl. The lowest BCUT2D eigenvalue weighted by atomic mass is 10.3. The van der Waals surface area contributed by atoms with Crippen molar-refractivity contribution in [3.05, 3.63) is 58.3 Å². The van der Waals surface area contributed by atoms with E-state index in [1.807, 2.05) is 0 Å². The summed E-state index contributed by atoms with van der Waals surface area (Å²) in [5.74, 6) is -0.357. The molecule has 0 heterocycles. The van der Waals surface area contributed by atoms with Gasteiger partial charge in [-0.25, -0.2) is 4.39 Å². The van der Waals surface area contributed by atoms with Crippen LogP contribution in [0.4, 0.5) is 10.1 Å². The van der Waals surface area contributed by atoms with Gasteiger partial charge in [0.15, 0.2) is 6.61 Å². The number of rotatable bonds is 4. The number of hydrogen-bond acceptors (Lipinski definition) is 2. The second-order valence-corrected chi connectivity index (χ2v) is 4.68. The fourth-order valence-corrected chi connectivity index (χ4v) is 1.81. The first-order valence-electron chi connectivity index (χ1n) is 5.68. The summed E-state index contributed by atoms with van der Waals surface area (Å²) in [6.45, 7) is -0.214. The molecule has 6 heteroatoms. The Bertz CT molecular complexity index is 617. The van der Waals surface area contributed by atoms with E-state index in [0.717, 1.165) is 0 Å². The highest BCUT2D eigenvalue weighted by Gasteiger charge is 2.08. The molecule has 0 aromatic heterocycles. The van der Waals surface area contributed by atoms with Gasteiger partial charge in [-0.1, -0.05) is 29.3 Å². The van der Waals surface area contributed by atoms with Crippen LogP contribution >= 0.6 is 23.2 Å². The van der Waals surface area contributed by atoms with Crippen LogP contribution < -0.4 is 10.1 Å². The Kier molecular flexibility index (Phi) is 4.82. The maximum Gasteiger partial charge on any atom is 0.262 e. The Labute approximate surface area is 125 Å². The zero-order valence-electron chi connectivity index (χ0n) is 10.2. The zero-order chi connectivity index (χ0) is 14.5. The quantitative estimate of drug-likeness (QED) is 0.920. The van der Waals surface area contributed by atoms with Crippen molar-refractivity contribution in [2.24, 2.45) is 0 Å². The fourth-order valence-electron chi connectivity index (χ4n) is 1.47. The average Bonchev–Trinajstić information content (AvgIpc) is 2.43. The first kappa shape index (κ1) is 14.6. The Morgan fingerprint density at radius 3 is 2.55 bits per heavy atom. The molecule has 2 rings (SSSR count). The molecule has 20 heavy (non-hydrogen) atoms. The summed E-state index contributed by atoms with van der Waals surface area (Å²) < 4.78 is 17.9. The molecule has 104 valence electrons. The van der Waals surface area contributed by atoms with Crippen LogP contribution in [-0.2, 0) is 4.79 Å². The summed E-state index contributed by atoms with van der Waals surface area (Å²) in [6.07, 6.45) is 0. The molecular weight excluding hydrogens is 304 g/mol. The molecular formula is C14H10Cl2FNO2. The van der Waals surface area contributed by atoms with Gasteiger partial charge in [-0.2, -0.15) is 0 Å². The van der Waals surface area contributed by atoms with E-state index in [1.54, 1.807) is 18.2 Å². The molecule has 0 bridgehead atoms. The van der Waals surface area contributed by atoms with Gasteiger partial charge in [-0.05, 0) is 36.4 Å². The second kappa shape index (κ2) is 6.59. The van der Waals surface area contributed by atoms with Crippen LogP contribution in [0.15, 0.2) is 42.5 Å². The molecule has 0 fully saturated rings. The molecule has 0 aliphatic heterocycles. The molecule has 1 N–H and O–H groups in total. The average molecular weight is 314 g/mol. The van der Waals surface area contributed by atoms with Crippen molar-refractivity contribution in [2.45, 2.75) is 0 Å². The monoisotopic (exact) mass is 313 g/mol. The van der Waals surface area contributed by atoms with Gasteiger partial charge in [-0.15, -0.1) is 0 Å². The predicted octanol–water partition coefficient (Wildman–Crippen LogP) is 4.15. The van der Waals surface area contributed by atoms with Crippen molar-refractivity contribution in [3.8, 4) is 5.75 Å². The second-order valence-electron chi connectivity index (χ2n) is 3.89. The minimum Gasteiger partial charge on any atom is -0.484 e. The lowest BCUT2D eigenvalue weighted by molar-refractivity contribution is -0.118. The number of hydrogen-bond donors (Lipinski definition) is 1. The predicted molar refractivity (Wildman–Crippen MR) is 77.0 cm³/mol. The molecule has 2 aromatic carbocycles. The summed E-state index contributed by atoms with van der Waals surface area (Å²) in [5, 5.41) is 3.20. The van der Waals surface area contributed by atoms with Crippen LogP contribution in [0, 0.1) is 5.82 Å². The smallest absolute Gasteiger partial charge is 0.262 e. The van der Waals surface area contributed by atoms with Gasteiger partial charge in [0, 0.05) is 0 Å². The Morgan fingerprint density at radius 1 is 1.15 bits per heavy atom. The van der Waals surface area contributed by atoms with Gasteiger partial charge in [0.1, 0.15) is 11.6 Å². The first-order valence-corrected chi connectivity index (χ1v) is 6.44. The van der Waals surface area contributed by atoms with Crippen molar-refractivity contribution >= 4 is 34.8 Å². The van der Waals surface area contributed by atoms with Gasteiger partial charge in [-0.3, -0.25) is 4.79 Å². The van der Waals surface area contributed by atoms with Crippen LogP contribution in [0.5, 0.6) is 5.75 Å². The summed E-state index contributed by atoms with van der Waals surface area (Å²) in [6, 6.07) is 10.3. The van der Waals surface area contributed by atoms with E-state index in [1.165, 1.54) is 24.3 Å². The highest BCUT2D eigenvalue weighted by molar-refractivity contribution is 6.43. The number of nitrogens with one attached hydrogen (secondary N) is 1. The largest absolute Gasteiger partial charge is 0.484 e. The topological polar surface area (TPSA) is 38.3 Å². The van der Waals surface area contributed by atoms with E-state index >= 15 is 0 Å². The molecule has 2 aromatic rings. The highest BCUT2D eigenvalue weighted by Crippen LogP contribution is 2.29. The molecule has 0 spiro atoms. The number of ether oxygens (including phenoxy) is 1. The van der Waals surface area contributed by atoms with E-state index in [-0.39, 0.29) is 17.4 Å². The van der Waals surface area contributed by atoms with Crippen LogP contribution in [0.2, 0.25) is 10.0 Å². The van der Waals surface area contributed by atoms with Gasteiger partial charge in [0.25, 0.3) is 5.91 Å². The van der Waals surface area contributed by atoms with Crippen molar-refractivity contribution in [2.75, 3.05) is 11.9 Å². The van der Waals surface area contributed by atoms with E-state index in [2.05, 4.69) is 5.32 Å². The molecule has 0 radical (unpaired) electrons. The van der Waals surface area contributed by atoms with Gasteiger partial charge < -0.3 is 10.1 Å². The van der Waals surface area contributed by atoms with E-state index < -0.39 is 5.91 Å². The Morgan fingerprint density at radius 2 is 1.85 bits per heavy atom. The van der Waals surface area contributed by atoms with Crippen LogP contribution in [-0.4, -0.2) is 12.5 Å². The molecule has 0 atom stereocenters. The van der Waals surface area contributed by atoms with Crippen molar-refractivity contribution in [3.63, 3.8) is 0 Å². The third kappa shape index (κ3) is 3.85. The highest BCUT2D eigenvalue weighted by atomic mass is 35.5. The van der Waals surface area contributed by atoms with E-state index in [0.29, 0.717) is 16.5 Å². The standard InChI is InChI=1S/C14H10Cl2FNO2/c15-11-2-1-3-12(14(11)16)18-13(19)8-20-10-6-4-9(17)5-7-10/h1-7H,8H2,(H,18,19). The Balaban J connectivity index is 1.92. The number of anilines is 1. The lowest BCUT2D eigenvalue weighted by Gasteiger charge is -2.09. The fraction of sp³-hybridized carbons (Fsp3) is 0.0714. The lowest BCUT2D eigenvalue weighted by Crippen LogP contribution is -2.20. The molecule has 3 nitrogen and oxygen atoms in total. The zero-order valence-corrected chi connectivity index (χ0v) is 11.7. The van der Waals surface area contributed by atoms with Crippen LogP contribution in [0.3, 0.4) is 0 Å². The molecule has 0 aliphatic rings. The molecule has 1 amide bonds. The molecule has 0 aliphatic carbocycles. The Hall–Kier alpha value is -1.78. The summed E-state index contributed by atoms with van der Waals surface area (Å²) in [5.41, 5.74) is 0.409. The summed E-state index contributed by atoms with van der Waals surface area (Å²) >= 11 is 11.8. The number of carbonyl (C=O) groups excluding carboxylic acids is 1. The third-order valence-electron chi connectivity index (χ3n) is 2.41. The van der Waals surface area contributed by atoms with Crippen LogP contribution in [0.1, 0.15) is 0 Å². The number of carbonyl (C=O) groups is 1. The summed E-state index contributed by atoms with van der Waals surface area (Å²) in [7, 11) is 0. The number of amides is 1. The van der Waals surface area contributed by atoms with Gasteiger partial charge in [0.05, 0.1) is 15.7 Å². The minimum atomic E-state index is -0.390. The maximum atomic E-state index is 12.7.